The molecule has 21 heavy (non-hydrogen) atoms. The maximum atomic E-state index is 5.97. The van der Waals surface area contributed by atoms with Gasteiger partial charge in [-0.3, -0.25) is 9.88 Å². The Kier molecular flexibility index (Phi) is 4.69. The third kappa shape index (κ3) is 4.34. The number of pyridine rings is 1. The summed E-state index contributed by atoms with van der Waals surface area (Å²) in [5.74, 6) is 1.11. The molecule has 0 aromatic carbocycles. The van der Waals surface area contributed by atoms with Crippen molar-refractivity contribution in [3.05, 3.63) is 41.3 Å². The first kappa shape index (κ1) is 15.6. The zero-order valence-corrected chi connectivity index (χ0v) is 13.1. The van der Waals surface area contributed by atoms with Crippen molar-refractivity contribution in [3.63, 3.8) is 0 Å². The minimum Gasteiger partial charge on any atom is -0.338 e. The summed E-state index contributed by atoms with van der Waals surface area (Å²) in [5, 5.41) is 3.94. The van der Waals surface area contributed by atoms with Crippen LogP contribution in [0, 0.1) is 6.92 Å². The Hall–Kier alpha value is -1.79. The van der Waals surface area contributed by atoms with Crippen LogP contribution in [0.3, 0.4) is 0 Å². The third-order valence-electron chi connectivity index (χ3n) is 3.18. The molecule has 0 spiro atoms. The molecule has 0 bridgehead atoms. The van der Waals surface area contributed by atoms with Gasteiger partial charge in [0, 0.05) is 12.2 Å². The average Bonchev–Trinajstić information content (AvgIpc) is 2.86. The van der Waals surface area contributed by atoms with Gasteiger partial charge in [0.05, 0.1) is 17.8 Å². The summed E-state index contributed by atoms with van der Waals surface area (Å²) < 4.78 is 5.28. The monoisotopic (exact) mass is 289 g/mol. The minimum absolute atomic E-state index is 0.530. The molecule has 0 saturated heterocycles. The van der Waals surface area contributed by atoms with Crippen LogP contribution in [-0.4, -0.2) is 26.6 Å². The minimum atomic E-state index is -0.586. The number of aryl methyl sites for hydroxylation is 1. The SMILES string of the molecule is CCN(Cc1cccc(C)n1)Cc1nc(C(C)(C)N)no1. The summed E-state index contributed by atoms with van der Waals surface area (Å²) in [4.78, 5) is 11.1. The van der Waals surface area contributed by atoms with Crippen LogP contribution in [0.1, 0.15) is 43.9 Å². The average molecular weight is 289 g/mol. The zero-order valence-electron chi connectivity index (χ0n) is 13.1. The van der Waals surface area contributed by atoms with Gasteiger partial charge in [0.2, 0.25) is 5.89 Å². The van der Waals surface area contributed by atoms with Gasteiger partial charge in [-0.1, -0.05) is 18.1 Å². The predicted octanol–water partition coefficient (Wildman–Crippen LogP) is 1.99. The van der Waals surface area contributed by atoms with Crippen LogP contribution in [0.15, 0.2) is 22.7 Å². The summed E-state index contributed by atoms with van der Waals surface area (Å²) in [5.41, 5.74) is 7.44. The second-order valence-corrected chi connectivity index (χ2v) is 5.81. The predicted molar refractivity (Wildman–Crippen MR) is 80.3 cm³/mol. The maximum Gasteiger partial charge on any atom is 0.240 e. The van der Waals surface area contributed by atoms with Gasteiger partial charge in [0.25, 0.3) is 0 Å². The van der Waals surface area contributed by atoms with E-state index in [0.29, 0.717) is 18.3 Å². The lowest BCUT2D eigenvalue weighted by atomic mass is 10.1. The van der Waals surface area contributed by atoms with Gasteiger partial charge in [0.15, 0.2) is 5.82 Å². The highest BCUT2D eigenvalue weighted by molar-refractivity contribution is 5.10. The lowest BCUT2D eigenvalue weighted by Crippen LogP contribution is -2.30. The van der Waals surface area contributed by atoms with Gasteiger partial charge in [-0.25, -0.2) is 0 Å². The van der Waals surface area contributed by atoms with Gasteiger partial charge >= 0.3 is 0 Å². The number of hydrogen-bond acceptors (Lipinski definition) is 6. The largest absolute Gasteiger partial charge is 0.338 e. The molecule has 0 atom stereocenters. The molecule has 2 aromatic heterocycles. The fraction of sp³-hybridized carbons (Fsp3) is 0.533. The summed E-state index contributed by atoms with van der Waals surface area (Å²) in [7, 11) is 0. The van der Waals surface area contributed by atoms with Crippen molar-refractivity contribution >= 4 is 0 Å². The first-order chi connectivity index (χ1) is 9.88. The molecule has 2 rings (SSSR count). The van der Waals surface area contributed by atoms with E-state index in [1.165, 1.54) is 0 Å². The Bertz CT molecular complexity index is 588. The van der Waals surface area contributed by atoms with Crippen LogP contribution in [0.4, 0.5) is 0 Å². The lowest BCUT2D eigenvalue weighted by Gasteiger charge is -2.17. The van der Waals surface area contributed by atoms with E-state index in [-0.39, 0.29) is 0 Å². The summed E-state index contributed by atoms with van der Waals surface area (Å²) in [6.07, 6.45) is 0. The van der Waals surface area contributed by atoms with E-state index in [1.807, 2.05) is 39.0 Å². The van der Waals surface area contributed by atoms with Gasteiger partial charge in [-0.15, -0.1) is 0 Å². The fourth-order valence-corrected chi connectivity index (χ4v) is 1.97. The molecular formula is C15H23N5O. The van der Waals surface area contributed by atoms with Crippen molar-refractivity contribution in [1.82, 2.24) is 20.0 Å². The summed E-state index contributed by atoms with van der Waals surface area (Å²) >= 11 is 0. The van der Waals surface area contributed by atoms with E-state index in [0.717, 1.165) is 24.5 Å². The van der Waals surface area contributed by atoms with E-state index in [4.69, 9.17) is 10.3 Å². The standard InChI is InChI=1S/C15H23N5O/c1-5-20(9-12-8-6-7-11(2)17-12)10-13-18-14(19-21-13)15(3,4)16/h6-8H,5,9-10,16H2,1-4H3. The molecule has 2 N–H and O–H groups in total. The normalized spacial score (nSPS) is 12.1. The molecular weight excluding hydrogens is 266 g/mol. The van der Waals surface area contributed by atoms with E-state index >= 15 is 0 Å². The van der Waals surface area contributed by atoms with E-state index in [2.05, 4.69) is 26.9 Å². The van der Waals surface area contributed by atoms with Gasteiger partial charge in [0.1, 0.15) is 0 Å². The Labute approximate surface area is 125 Å². The number of nitrogens with zero attached hydrogens (tertiary/aromatic N) is 4. The molecule has 0 aliphatic heterocycles. The van der Waals surface area contributed by atoms with Gasteiger partial charge in [-0.05, 0) is 39.4 Å². The second-order valence-electron chi connectivity index (χ2n) is 5.81. The van der Waals surface area contributed by atoms with Crippen LogP contribution in [0.2, 0.25) is 0 Å². The highest BCUT2D eigenvalue weighted by atomic mass is 16.5. The van der Waals surface area contributed by atoms with Crippen LogP contribution in [0.25, 0.3) is 0 Å². The fourth-order valence-electron chi connectivity index (χ4n) is 1.97. The molecule has 0 saturated carbocycles. The van der Waals surface area contributed by atoms with Crippen molar-refractivity contribution in [2.45, 2.75) is 46.3 Å². The quantitative estimate of drug-likeness (QED) is 0.876. The van der Waals surface area contributed by atoms with Crippen LogP contribution in [-0.2, 0) is 18.6 Å². The van der Waals surface area contributed by atoms with Crippen LogP contribution >= 0.6 is 0 Å². The Balaban J connectivity index is 2.04. The molecule has 0 amide bonds. The molecule has 0 unspecified atom stereocenters. The smallest absolute Gasteiger partial charge is 0.240 e. The Morgan fingerprint density at radius 3 is 2.57 bits per heavy atom. The number of hydrogen-bond donors (Lipinski definition) is 1. The third-order valence-corrected chi connectivity index (χ3v) is 3.18. The number of aromatic nitrogens is 3. The molecule has 0 aliphatic rings. The van der Waals surface area contributed by atoms with Gasteiger partial charge in [-0.2, -0.15) is 4.98 Å². The highest BCUT2D eigenvalue weighted by Gasteiger charge is 2.22. The van der Waals surface area contributed by atoms with E-state index in [9.17, 15) is 0 Å². The molecule has 2 heterocycles. The molecule has 6 nitrogen and oxygen atoms in total. The zero-order chi connectivity index (χ0) is 15.5. The Morgan fingerprint density at radius 1 is 1.24 bits per heavy atom. The summed E-state index contributed by atoms with van der Waals surface area (Å²) in [6.45, 7) is 10.0. The Morgan fingerprint density at radius 2 is 2.00 bits per heavy atom. The van der Waals surface area contributed by atoms with E-state index < -0.39 is 5.54 Å². The van der Waals surface area contributed by atoms with Crippen LogP contribution < -0.4 is 5.73 Å². The summed E-state index contributed by atoms with van der Waals surface area (Å²) in [6, 6.07) is 6.04. The van der Waals surface area contributed by atoms with Crippen molar-refractivity contribution in [2.75, 3.05) is 6.54 Å². The number of rotatable bonds is 6. The molecule has 114 valence electrons. The topological polar surface area (TPSA) is 81.1 Å². The molecule has 0 aliphatic carbocycles. The lowest BCUT2D eigenvalue weighted by molar-refractivity contribution is 0.226. The second kappa shape index (κ2) is 6.32. The van der Waals surface area contributed by atoms with Crippen molar-refractivity contribution in [3.8, 4) is 0 Å². The number of nitrogens with two attached hydrogens (primary N) is 1. The molecule has 2 aromatic rings. The van der Waals surface area contributed by atoms with Crippen molar-refractivity contribution in [2.24, 2.45) is 5.73 Å². The van der Waals surface area contributed by atoms with Crippen LogP contribution in [0.5, 0.6) is 0 Å². The molecule has 0 fully saturated rings. The maximum absolute atomic E-state index is 5.97. The first-order valence-electron chi connectivity index (χ1n) is 7.15. The van der Waals surface area contributed by atoms with Crippen molar-refractivity contribution < 1.29 is 4.52 Å². The first-order valence-corrected chi connectivity index (χ1v) is 7.15. The molecule has 0 radical (unpaired) electrons. The van der Waals surface area contributed by atoms with Crippen molar-refractivity contribution in [1.29, 1.82) is 0 Å². The van der Waals surface area contributed by atoms with Gasteiger partial charge < -0.3 is 10.3 Å². The highest BCUT2D eigenvalue weighted by Crippen LogP contribution is 2.14. The van der Waals surface area contributed by atoms with E-state index in [1.54, 1.807) is 0 Å². The molecule has 6 heteroatoms.